The molecule has 0 aromatic rings. The predicted molar refractivity (Wildman–Crippen MR) is 73.7 cm³/mol. The van der Waals surface area contributed by atoms with E-state index in [0.29, 0.717) is 26.0 Å². The first-order chi connectivity index (χ1) is 9.13. The predicted octanol–water partition coefficient (Wildman–Crippen LogP) is 1.32. The minimum atomic E-state index is -0.365. The molecule has 5 nitrogen and oxygen atoms in total. The van der Waals surface area contributed by atoms with Crippen molar-refractivity contribution in [1.29, 1.82) is 0 Å². The van der Waals surface area contributed by atoms with Crippen LogP contribution in [0.4, 0.5) is 0 Å². The van der Waals surface area contributed by atoms with E-state index in [-0.39, 0.29) is 23.9 Å². The lowest BCUT2D eigenvalue weighted by molar-refractivity contribution is -0.137. The van der Waals surface area contributed by atoms with Crippen LogP contribution in [0.5, 0.6) is 0 Å². The molecular weight excluding hydrogens is 244 g/mol. The molecule has 1 heterocycles. The van der Waals surface area contributed by atoms with E-state index in [0.717, 1.165) is 19.3 Å². The Labute approximate surface area is 115 Å². The molecule has 0 spiro atoms. The zero-order valence-corrected chi connectivity index (χ0v) is 12.3. The van der Waals surface area contributed by atoms with Crippen molar-refractivity contribution in [2.75, 3.05) is 20.3 Å². The molecule has 1 aliphatic rings. The van der Waals surface area contributed by atoms with Gasteiger partial charge in [0.15, 0.2) is 0 Å². The number of hydrogen-bond acceptors (Lipinski definition) is 3. The van der Waals surface area contributed by atoms with Crippen molar-refractivity contribution >= 4 is 11.8 Å². The number of ether oxygens (including phenoxy) is 1. The van der Waals surface area contributed by atoms with E-state index in [1.807, 2.05) is 11.8 Å². The third-order valence-corrected chi connectivity index (χ3v) is 3.50. The minimum Gasteiger partial charge on any atom is -0.383 e. The van der Waals surface area contributed by atoms with Crippen LogP contribution in [0.15, 0.2) is 0 Å². The van der Waals surface area contributed by atoms with Crippen LogP contribution in [-0.4, -0.2) is 49.1 Å². The molecule has 0 aliphatic carbocycles. The molecule has 2 unspecified atom stereocenters. The summed E-state index contributed by atoms with van der Waals surface area (Å²) in [5, 5.41) is 2.83. The number of carbonyl (C=O) groups excluding carboxylic acids is 2. The van der Waals surface area contributed by atoms with Gasteiger partial charge in [-0.2, -0.15) is 0 Å². The monoisotopic (exact) mass is 270 g/mol. The van der Waals surface area contributed by atoms with Crippen LogP contribution in [0.1, 0.15) is 46.0 Å². The number of hydrogen-bond donors (Lipinski definition) is 1. The van der Waals surface area contributed by atoms with Gasteiger partial charge in [0.2, 0.25) is 11.8 Å². The Kier molecular flexibility index (Phi) is 6.84. The van der Waals surface area contributed by atoms with E-state index >= 15 is 0 Å². The second-order valence-electron chi connectivity index (χ2n) is 5.09. The summed E-state index contributed by atoms with van der Waals surface area (Å²) in [6.45, 7) is 5.15. The summed E-state index contributed by atoms with van der Waals surface area (Å²) in [7, 11) is 1.65. The highest BCUT2D eigenvalue weighted by Gasteiger charge is 2.32. The van der Waals surface area contributed by atoms with Gasteiger partial charge in [0.1, 0.15) is 6.04 Å². The molecule has 1 aliphatic heterocycles. The number of nitrogens with one attached hydrogen (secondary N) is 1. The number of carbonyl (C=O) groups is 2. The lowest BCUT2D eigenvalue weighted by Gasteiger charge is -2.31. The van der Waals surface area contributed by atoms with Crippen molar-refractivity contribution in [3.63, 3.8) is 0 Å². The van der Waals surface area contributed by atoms with Crippen molar-refractivity contribution in [3.8, 4) is 0 Å². The second kappa shape index (κ2) is 8.15. The standard InChI is InChI=1S/C14H26N2O3/c1-4-6-11(10-19-3)16-9-8-13(17)15-12(7-5-2)14(16)18/h11-12H,4-10H2,1-3H3,(H,15,17). The van der Waals surface area contributed by atoms with Gasteiger partial charge in [-0.25, -0.2) is 0 Å². The Bertz CT molecular complexity index is 301. The van der Waals surface area contributed by atoms with E-state index < -0.39 is 0 Å². The van der Waals surface area contributed by atoms with Crippen molar-refractivity contribution < 1.29 is 14.3 Å². The van der Waals surface area contributed by atoms with E-state index in [9.17, 15) is 9.59 Å². The molecule has 110 valence electrons. The van der Waals surface area contributed by atoms with Crippen LogP contribution >= 0.6 is 0 Å². The lowest BCUT2D eigenvalue weighted by atomic mass is 10.1. The molecule has 2 amide bonds. The molecule has 0 aromatic carbocycles. The normalized spacial score (nSPS) is 22.1. The second-order valence-corrected chi connectivity index (χ2v) is 5.09. The van der Waals surface area contributed by atoms with Crippen LogP contribution in [0.25, 0.3) is 0 Å². The molecule has 1 fully saturated rings. The molecule has 5 heteroatoms. The first-order valence-electron chi connectivity index (χ1n) is 7.22. The van der Waals surface area contributed by atoms with Gasteiger partial charge in [-0.3, -0.25) is 9.59 Å². The highest BCUT2D eigenvalue weighted by atomic mass is 16.5. The quantitative estimate of drug-likeness (QED) is 0.759. The summed E-state index contributed by atoms with van der Waals surface area (Å²) in [5.41, 5.74) is 0. The Morgan fingerprint density at radius 2 is 2.11 bits per heavy atom. The maximum atomic E-state index is 12.5. The van der Waals surface area contributed by atoms with Crippen LogP contribution in [0.2, 0.25) is 0 Å². The van der Waals surface area contributed by atoms with Crippen LogP contribution < -0.4 is 5.32 Å². The fourth-order valence-corrected chi connectivity index (χ4v) is 2.56. The number of methoxy groups -OCH3 is 1. The van der Waals surface area contributed by atoms with Gasteiger partial charge in [0.05, 0.1) is 12.6 Å². The lowest BCUT2D eigenvalue weighted by Crippen LogP contribution is -2.49. The maximum Gasteiger partial charge on any atom is 0.245 e. The Hall–Kier alpha value is -1.10. The molecule has 0 bridgehead atoms. The zero-order chi connectivity index (χ0) is 14.3. The van der Waals surface area contributed by atoms with Gasteiger partial charge in [-0.1, -0.05) is 26.7 Å². The van der Waals surface area contributed by atoms with Crippen molar-refractivity contribution in [3.05, 3.63) is 0 Å². The molecule has 19 heavy (non-hydrogen) atoms. The third kappa shape index (κ3) is 4.49. The third-order valence-electron chi connectivity index (χ3n) is 3.50. The van der Waals surface area contributed by atoms with Crippen molar-refractivity contribution in [1.82, 2.24) is 10.2 Å². The molecule has 2 atom stereocenters. The van der Waals surface area contributed by atoms with Crippen LogP contribution in [0.3, 0.4) is 0 Å². The zero-order valence-electron chi connectivity index (χ0n) is 12.3. The summed E-state index contributed by atoms with van der Waals surface area (Å²) in [6, 6.07) is -0.286. The number of amides is 2. The summed E-state index contributed by atoms with van der Waals surface area (Å²) in [4.78, 5) is 26.0. The van der Waals surface area contributed by atoms with Crippen LogP contribution in [0, 0.1) is 0 Å². The first-order valence-corrected chi connectivity index (χ1v) is 7.22. The van der Waals surface area contributed by atoms with Gasteiger partial charge in [0, 0.05) is 20.1 Å². The molecule has 0 radical (unpaired) electrons. The Morgan fingerprint density at radius 3 is 2.68 bits per heavy atom. The van der Waals surface area contributed by atoms with Gasteiger partial charge in [-0.05, 0) is 12.8 Å². The van der Waals surface area contributed by atoms with Crippen molar-refractivity contribution in [2.45, 2.75) is 58.0 Å². The maximum absolute atomic E-state index is 12.5. The van der Waals surface area contributed by atoms with E-state index in [1.54, 1.807) is 7.11 Å². The molecular formula is C14H26N2O3. The summed E-state index contributed by atoms with van der Waals surface area (Å²) in [6.07, 6.45) is 3.88. The van der Waals surface area contributed by atoms with Crippen LogP contribution in [-0.2, 0) is 14.3 Å². The molecule has 1 saturated heterocycles. The van der Waals surface area contributed by atoms with Gasteiger partial charge < -0.3 is 15.0 Å². The van der Waals surface area contributed by atoms with E-state index in [1.165, 1.54) is 0 Å². The Morgan fingerprint density at radius 1 is 1.37 bits per heavy atom. The van der Waals surface area contributed by atoms with Gasteiger partial charge in [0.25, 0.3) is 0 Å². The van der Waals surface area contributed by atoms with E-state index in [4.69, 9.17) is 4.74 Å². The average Bonchev–Trinajstić information content (AvgIpc) is 2.51. The van der Waals surface area contributed by atoms with Crippen molar-refractivity contribution in [2.24, 2.45) is 0 Å². The number of rotatable bonds is 7. The molecule has 1 rings (SSSR count). The average molecular weight is 270 g/mol. The van der Waals surface area contributed by atoms with Gasteiger partial charge in [-0.15, -0.1) is 0 Å². The SMILES string of the molecule is CCCC1NC(=O)CCN(C(CCC)COC)C1=O. The summed E-state index contributed by atoms with van der Waals surface area (Å²) in [5.74, 6) is 0.0187. The molecule has 1 N–H and O–H groups in total. The van der Waals surface area contributed by atoms with Gasteiger partial charge >= 0.3 is 0 Å². The Balaban J connectivity index is 2.82. The smallest absolute Gasteiger partial charge is 0.245 e. The highest BCUT2D eigenvalue weighted by molar-refractivity contribution is 5.90. The topological polar surface area (TPSA) is 58.6 Å². The molecule has 0 saturated carbocycles. The number of nitrogens with zero attached hydrogens (tertiary/aromatic N) is 1. The largest absolute Gasteiger partial charge is 0.383 e. The fourth-order valence-electron chi connectivity index (χ4n) is 2.56. The molecule has 0 aromatic heterocycles. The fraction of sp³-hybridized carbons (Fsp3) is 0.857. The minimum absolute atomic E-state index is 0.0260. The highest BCUT2D eigenvalue weighted by Crippen LogP contribution is 2.15. The first kappa shape index (κ1) is 16.0. The summed E-state index contributed by atoms with van der Waals surface area (Å²) < 4.78 is 5.22. The van der Waals surface area contributed by atoms with E-state index in [2.05, 4.69) is 12.2 Å². The summed E-state index contributed by atoms with van der Waals surface area (Å²) >= 11 is 0.